The third-order valence-electron chi connectivity index (χ3n) is 4.12. The van der Waals surface area contributed by atoms with Gasteiger partial charge in [0, 0.05) is 13.5 Å². The summed E-state index contributed by atoms with van der Waals surface area (Å²) in [5.41, 5.74) is 0. The Balaban J connectivity index is 1.81. The van der Waals surface area contributed by atoms with E-state index >= 15 is 0 Å². The summed E-state index contributed by atoms with van der Waals surface area (Å²) >= 11 is 0. The molecule has 2 aliphatic carbocycles. The third kappa shape index (κ3) is 2.36. The molecule has 0 aliphatic heterocycles. The Morgan fingerprint density at radius 3 is 2.56 bits per heavy atom. The highest BCUT2D eigenvalue weighted by Crippen LogP contribution is 2.49. The van der Waals surface area contributed by atoms with Crippen LogP contribution in [0.4, 0.5) is 0 Å². The second kappa shape index (κ2) is 4.44. The molecule has 2 fully saturated rings. The standard InChI is InChI=1S/C12H19NO3/c1-13(7-12(15)16)11(14)6-10-5-8-2-3-9(10)4-8/h8-10H,2-7H2,1H3,(H,15,16). The van der Waals surface area contributed by atoms with Gasteiger partial charge in [0.25, 0.3) is 0 Å². The van der Waals surface area contributed by atoms with Crippen molar-refractivity contribution in [2.75, 3.05) is 13.6 Å². The fraction of sp³-hybridized carbons (Fsp3) is 0.833. The van der Waals surface area contributed by atoms with Crippen molar-refractivity contribution in [2.45, 2.75) is 32.1 Å². The second-order valence-electron chi connectivity index (χ2n) is 5.28. The number of carboxylic acid groups (broad SMARTS) is 1. The van der Waals surface area contributed by atoms with Gasteiger partial charge in [0.05, 0.1) is 0 Å². The zero-order valence-electron chi connectivity index (χ0n) is 9.69. The third-order valence-corrected chi connectivity index (χ3v) is 4.12. The molecule has 0 radical (unpaired) electrons. The first-order valence-electron chi connectivity index (χ1n) is 6.02. The molecular weight excluding hydrogens is 206 g/mol. The van der Waals surface area contributed by atoms with Crippen LogP contribution in [-0.2, 0) is 9.59 Å². The van der Waals surface area contributed by atoms with Gasteiger partial charge < -0.3 is 10.0 Å². The van der Waals surface area contributed by atoms with Crippen molar-refractivity contribution < 1.29 is 14.7 Å². The number of hydrogen-bond acceptors (Lipinski definition) is 2. The smallest absolute Gasteiger partial charge is 0.323 e. The van der Waals surface area contributed by atoms with Crippen molar-refractivity contribution in [3.8, 4) is 0 Å². The second-order valence-corrected chi connectivity index (χ2v) is 5.28. The summed E-state index contributed by atoms with van der Waals surface area (Å²) in [6, 6.07) is 0. The number of carbonyl (C=O) groups is 2. The van der Waals surface area contributed by atoms with Crippen LogP contribution in [0.15, 0.2) is 0 Å². The zero-order valence-corrected chi connectivity index (χ0v) is 9.69. The van der Waals surface area contributed by atoms with Crippen LogP contribution in [0.5, 0.6) is 0 Å². The molecule has 4 heteroatoms. The molecule has 90 valence electrons. The molecule has 0 aromatic carbocycles. The lowest BCUT2D eigenvalue weighted by atomic mass is 9.86. The van der Waals surface area contributed by atoms with Crippen molar-refractivity contribution in [3.63, 3.8) is 0 Å². The van der Waals surface area contributed by atoms with Gasteiger partial charge in [-0.15, -0.1) is 0 Å². The maximum Gasteiger partial charge on any atom is 0.323 e. The number of likely N-dealkylation sites (N-methyl/N-ethyl adjacent to an activating group) is 1. The molecule has 3 atom stereocenters. The molecule has 0 aromatic rings. The number of hydrogen-bond donors (Lipinski definition) is 1. The molecule has 0 heterocycles. The van der Waals surface area contributed by atoms with Gasteiger partial charge in [-0.1, -0.05) is 6.42 Å². The summed E-state index contributed by atoms with van der Waals surface area (Å²) in [6.45, 7) is -0.181. The monoisotopic (exact) mass is 225 g/mol. The van der Waals surface area contributed by atoms with Crippen LogP contribution in [0, 0.1) is 17.8 Å². The van der Waals surface area contributed by atoms with Gasteiger partial charge in [0.15, 0.2) is 0 Å². The van der Waals surface area contributed by atoms with Crippen LogP contribution in [0.25, 0.3) is 0 Å². The van der Waals surface area contributed by atoms with Gasteiger partial charge in [-0.3, -0.25) is 9.59 Å². The van der Waals surface area contributed by atoms with Crippen molar-refractivity contribution in [3.05, 3.63) is 0 Å². The molecule has 2 aliphatic rings. The predicted octanol–water partition coefficient (Wildman–Crippen LogP) is 1.36. The molecule has 16 heavy (non-hydrogen) atoms. The summed E-state index contributed by atoms with van der Waals surface area (Å²) in [4.78, 5) is 23.6. The van der Waals surface area contributed by atoms with Crippen molar-refractivity contribution >= 4 is 11.9 Å². The number of carboxylic acids is 1. The summed E-state index contributed by atoms with van der Waals surface area (Å²) in [5.74, 6) is 1.13. The highest BCUT2D eigenvalue weighted by atomic mass is 16.4. The van der Waals surface area contributed by atoms with Crippen LogP contribution in [0.3, 0.4) is 0 Å². The summed E-state index contributed by atoms with van der Waals surface area (Å²) in [5, 5.41) is 8.60. The van der Waals surface area contributed by atoms with Gasteiger partial charge in [-0.25, -0.2) is 0 Å². The molecule has 0 spiro atoms. The minimum atomic E-state index is -0.941. The van der Waals surface area contributed by atoms with Crippen LogP contribution >= 0.6 is 0 Å². The molecule has 2 saturated carbocycles. The Bertz CT molecular complexity index is 303. The van der Waals surface area contributed by atoms with E-state index in [1.165, 1.54) is 30.6 Å². The Hall–Kier alpha value is -1.06. The summed E-state index contributed by atoms with van der Waals surface area (Å²) in [6.07, 6.45) is 5.62. The first kappa shape index (κ1) is 11.4. The number of amides is 1. The maximum atomic E-state index is 11.8. The molecule has 3 unspecified atom stereocenters. The zero-order chi connectivity index (χ0) is 11.7. The van der Waals surface area contributed by atoms with E-state index in [1.807, 2.05) is 0 Å². The van der Waals surface area contributed by atoms with E-state index in [0.717, 1.165) is 11.8 Å². The quantitative estimate of drug-likeness (QED) is 0.785. The normalized spacial score (nSPS) is 31.7. The minimum Gasteiger partial charge on any atom is -0.480 e. The van der Waals surface area contributed by atoms with Crippen LogP contribution in [0.1, 0.15) is 32.1 Å². The molecular formula is C12H19NO3. The Morgan fingerprint density at radius 2 is 2.06 bits per heavy atom. The molecule has 4 nitrogen and oxygen atoms in total. The molecule has 2 rings (SSSR count). The highest BCUT2D eigenvalue weighted by Gasteiger charge is 2.40. The maximum absolute atomic E-state index is 11.8. The number of rotatable bonds is 4. The van der Waals surface area contributed by atoms with Crippen LogP contribution in [0.2, 0.25) is 0 Å². The highest BCUT2D eigenvalue weighted by molar-refractivity contribution is 5.81. The lowest BCUT2D eigenvalue weighted by Gasteiger charge is -2.23. The summed E-state index contributed by atoms with van der Waals surface area (Å²) < 4.78 is 0. The fourth-order valence-electron chi connectivity index (χ4n) is 3.30. The van der Waals surface area contributed by atoms with Crippen molar-refractivity contribution in [1.29, 1.82) is 0 Å². The van der Waals surface area contributed by atoms with Gasteiger partial charge in [-0.05, 0) is 37.0 Å². The molecule has 2 bridgehead atoms. The Kier molecular flexibility index (Phi) is 3.17. The predicted molar refractivity (Wildman–Crippen MR) is 58.8 cm³/mol. The molecule has 1 amide bonds. The molecule has 0 aromatic heterocycles. The first-order valence-corrected chi connectivity index (χ1v) is 6.02. The number of carbonyl (C=O) groups excluding carboxylic acids is 1. The molecule has 0 saturated heterocycles. The largest absolute Gasteiger partial charge is 0.480 e. The topological polar surface area (TPSA) is 57.6 Å². The van der Waals surface area contributed by atoms with E-state index in [9.17, 15) is 9.59 Å². The van der Waals surface area contributed by atoms with Crippen LogP contribution in [-0.4, -0.2) is 35.5 Å². The lowest BCUT2D eigenvalue weighted by Crippen LogP contribution is -2.33. The Morgan fingerprint density at radius 1 is 1.31 bits per heavy atom. The van der Waals surface area contributed by atoms with E-state index in [2.05, 4.69) is 0 Å². The van der Waals surface area contributed by atoms with Gasteiger partial charge >= 0.3 is 5.97 Å². The van der Waals surface area contributed by atoms with Crippen LogP contribution < -0.4 is 0 Å². The van der Waals surface area contributed by atoms with E-state index in [0.29, 0.717) is 12.3 Å². The number of nitrogens with zero attached hydrogens (tertiary/aromatic N) is 1. The number of fused-ring (bicyclic) bond motifs is 2. The van der Waals surface area contributed by atoms with Gasteiger partial charge in [0.2, 0.25) is 5.91 Å². The lowest BCUT2D eigenvalue weighted by molar-refractivity contribution is -0.144. The van der Waals surface area contributed by atoms with Crippen molar-refractivity contribution in [1.82, 2.24) is 4.90 Å². The average Bonchev–Trinajstić information content (AvgIpc) is 2.77. The molecule has 1 N–H and O–H groups in total. The van der Waals surface area contributed by atoms with Gasteiger partial charge in [-0.2, -0.15) is 0 Å². The minimum absolute atomic E-state index is 0.0139. The number of aliphatic carboxylic acids is 1. The fourth-order valence-corrected chi connectivity index (χ4v) is 3.30. The Labute approximate surface area is 95.6 Å². The van der Waals surface area contributed by atoms with Crippen molar-refractivity contribution in [2.24, 2.45) is 17.8 Å². The van der Waals surface area contributed by atoms with E-state index < -0.39 is 5.97 Å². The first-order chi connectivity index (χ1) is 7.56. The van der Waals surface area contributed by atoms with E-state index in [-0.39, 0.29) is 12.5 Å². The van der Waals surface area contributed by atoms with E-state index in [1.54, 1.807) is 7.05 Å². The van der Waals surface area contributed by atoms with E-state index in [4.69, 9.17) is 5.11 Å². The summed E-state index contributed by atoms with van der Waals surface area (Å²) in [7, 11) is 1.57. The average molecular weight is 225 g/mol. The SMILES string of the molecule is CN(CC(=O)O)C(=O)CC1CC2CCC1C2. The van der Waals surface area contributed by atoms with Gasteiger partial charge in [0.1, 0.15) is 6.54 Å².